The average Bonchev–Trinajstić information content (AvgIpc) is 2.28. The Labute approximate surface area is 113 Å². The van der Waals surface area contributed by atoms with E-state index in [-0.39, 0.29) is 0 Å². The third kappa shape index (κ3) is 2.70. The zero-order valence-corrected chi connectivity index (χ0v) is 11.5. The van der Waals surface area contributed by atoms with Crippen LogP contribution < -0.4 is 11.1 Å². The van der Waals surface area contributed by atoms with Gasteiger partial charge in [-0.1, -0.05) is 17.7 Å². The minimum atomic E-state index is 0.608. The normalized spacial score (nSPS) is 10.3. The Hall–Kier alpha value is -1.26. The largest absolute Gasteiger partial charge is 0.396 e. The molecule has 0 amide bonds. The molecule has 5 heteroatoms. The van der Waals surface area contributed by atoms with Gasteiger partial charge in [-0.05, 0) is 46.6 Å². The van der Waals surface area contributed by atoms with Crippen molar-refractivity contribution >= 4 is 44.7 Å². The standard InChI is InChI=1S/C12H11BrClN3/c1-7-5-9(15)12(16-6-7)17-10-4-2-3-8(14)11(10)13/h2-6H,15H2,1H3,(H,16,17). The monoisotopic (exact) mass is 311 g/mol. The highest BCUT2D eigenvalue weighted by molar-refractivity contribution is 9.10. The second-order valence-corrected chi connectivity index (χ2v) is 4.88. The van der Waals surface area contributed by atoms with E-state index < -0.39 is 0 Å². The van der Waals surface area contributed by atoms with Crippen LogP contribution in [0.25, 0.3) is 0 Å². The summed E-state index contributed by atoms with van der Waals surface area (Å²) in [6, 6.07) is 7.44. The van der Waals surface area contributed by atoms with Gasteiger partial charge in [0.15, 0.2) is 5.82 Å². The van der Waals surface area contributed by atoms with E-state index in [0.29, 0.717) is 16.5 Å². The molecule has 0 bridgehead atoms. The van der Waals surface area contributed by atoms with Gasteiger partial charge in [-0.2, -0.15) is 0 Å². The van der Waals surface area contributed by atoms with Crippen molar-refractivity contribution < 1.29 is 0 Å². The highest BCUT2D eigenvalue weighted by Crippen LogP contribution is 2.32. The number of aromatic nitrogens is 1. The number of nitrogens with zero attached hydrogens (tertiary/aromatic N) is 1. The second-order valence-electron chi connectivity index (χ2n) is 3.68. The Morgan fingerprint density at radius 2 is 2.18 bits per heavy atom. The van der Waals surface area contributed by atoms with E-state index in [1.165, 1.54) is 0 Å². The van der Waals surface area contributed by atoms with Gasteiger partial charge >= 0.3 is 0 Å². The van der Waals surface area contributed by atoms with Gasteiger partial charge in [-0.25, -0.2) is 4.98 Å². The second kappa shape index (κ2) is 4.94. The zero-order valence-electron chi connectivity index (χ0n) is 9.17. The molecule has 0 aliphatic rings. The quantitative estimate of drug-likeness (QED) is 0.876. The van der Waals surface area contributed by atoms with E-state index in [9.17, 15) is 0 Å². The fraction of sp³-hybridized carbons (Fsp3) is 0.0833. The van der Waals surface area contributed by atoms with Crippen LogP contribution in [0.5, 0.6) is 0 Å². The molecule has 0 saturated heterocycles. The molecular weight excluding hydrogens is 302 g/mol. The van der Waals surface area contributed by atoms with E-state index in [4.69, 9.17) is 17.3 Å². The smallest absolute Gasteiger partial charge is 0.153 e. The summed E-state index contributed by atoms with van der Waals surface area (Å²) in [6.07, 6.45) is 1.76. The first-order valence-corrected chi connectivity index (χ1v) is 6.18. The fourth-order valence-electron chi connectivity index (χ4n) is 1.42. The minimum absolute atomic E-state index is 0.608. The number of nitrogens with one attached hydrogen (secondary N) is 1. The van der Waals surface area contributed by atoms with E-state index in [0.717, 1.165) is 15.7 Å². The first-order chi connectivity index (χ1) is 8.08. The molecule has 0 aliphatic carbocycles. The Bertz CT molecular complexity index is 557. The van der Waals surface area contributed by atoms with Gasteiger partial charge < -0.3 is 11.1 Å². The lowest BCUT2D eigenvalue weighted by atomic mass is 10.2. The molecule has 1 aromatic carbocycles. The van der Waals surface area contributed by atoms with Crippen LogP contribution in [0.1, 0.15) is 5.56 Å². The highest BCUT2D eigenvalue weighted by atomic mass is 79.9. The van der Waals surface area contributed by atoms with Crippen LogP contribution in [0, 0.1) is 6.92 Å². The van der Waals surface area contributed by atoms with Crippen LogP contribution >= 0.6 is 27.5 Å². The number of nitrogen functional groups attached to an aromatic ring is 1. The lowest BCUT2D eigenvalue weighted by molar-refractivity contribution is 1.26. The zero-order chi connectivity index (χ0) is 12.4. The number of halogens is 2. The molecule has 2 rings (SSSR count). The van der Waals surface area contributed by atoms with Crippen molar-refractivity contribution in [2.45, 2.75) is 6.92 Å². The highest BCUT2D eigenvalue weighted by Gasteiger charge is 2.06. The van der Waals surface area contributed by atoms with E-state index in [1.54, 1.807) is 6.20 Å². The van der Waals surface area contributed by atoms with Crippen molar-refractivity contribution in [3.05, 3.63) is 45.5 Å². The predicted octanol–water partition coefficient (Wildman–Crippen LogP) is 4.13. The molecule has 3 N–H and O–H groups in total. The molecule has 1 aromatic heterocycles. The number of nitrogens with two attached hydrogens (primary N) is 1. The third-order valence-corrected chi connectivity index (χ3v) is 3.66. The number of benzene rings is 1. The van der Waals surface area contributed by atoms with Crippen molar-refractivity contribution in [1.82, 2.24) is 4.98 Å². The molecule has 0 saturated carbocycles. The molecule has 2 aromatic rings. The molecule has 0 unspecified atom stereocenters. The molecule has 0 spiro atoms. The van der Waals surface area contributed by atoms with E-state index in [2.05, 4.69) is 26.2 Å². The van der Waals surface area contributed by atoms with Crippen molar-refractivity contribution in [2.24, 2.45) is 0 Å². The number of pyridine rings is 1. The topological polar surface area (TPSA) is 50.9 Å². The first kappa shape index (κ1) is 12.2. The van der Waals surface area contributed by atoms with Crippen LogP contribution in [0.15, 0.2) is 34.9 Å². The lowest BCUT2D eigenvalue weighted by Crippen LogP contribution is -2.00. The van der Waals surface area contributed by atoms with Crippen LogP contribution in [0.3, 0.4) is 0 Å². The molecule has 88 valence electrons. The van der Waals surface area contributed by atoms with E-state index >= 15 is 0 Å². The molecular formula is C12H11BrClN3. The number of hydrogen-bond donors (Lipinski definition) is 2. The van der Waals surface area contributed by atoms with Crippen LogP contribution in [0.4, 0.5) is 17.2 Å². The van der Waals surface area contributed by atoms with Gasteiger partial charge in [0.1, 0.15) is 0 Å². The Morgan fingerprint density at radius 1 is 1.41 bits per heavy atom. The molecule has 0 radical (unpaired) electrons. The van der Waals surface area contributed by atoms with Crippen molar-refractivity contribution in [2.75, 3.05) is 11.1 Å². The summed E-state index contributed by atoms with van der Waals surface area (Å²) in [4.78, 5) is 4.24. The maximum absolute atomic E-state index is 6.01. The summed E-state index contributed by atoms with van der Waals surface area (Å²) >= 11 is 9.42. The molecule has 0 aliphatic heterocycles. The Kier molecular flexibility index (Phi) is 3.54. The SMILES string of the molecule is Cc1cnc(Nc2cccc(Cl)c2Br)c(N)c1. The molecule has 3 nitrogen and oxygen atoms in total. The van der Waals surface area contributed by atoms with Gasteiger partial charge in [0.25, 0.3) is 0 Å². The molecule has 17 heavy (non-hydrogen) atoms. The minimum Gasteiger partial charge on any atom is -0.396 e. The summed E-state index contributed by atoms with van der Waals surface area (Å²) < 4.78 is 0.795. The van der Waals surface area contributed by atoms with Gasteiger partial charge in [-0.15, -0.1) is 0 Å². The summed E-state index contributed by atoms with van der Waals surface area (Å²) in [5.74, 6) is 0.624. The lowest BCUT2D eigenvalue weighted by Gasteiger charge is -2.11. The average molecular weight is 313 g/mol. The summed E-state index contributed by atoms with van der Waals surface area (Å²) in [5.41, 5.74) is 8.35. The summed E-state index contributed by atoms with van der Waals surface area (Å²) in [6.45, 7) is 1.95. The number of hydrogen-bond acceptors (Lipinski definition) is 3. The fourth-order valence-corrected chi connectivity index (χ4v) is 1.96. The van der Waals surface area contributed by atoms with E-state index in [1.807, 2.05) is 31.2 Å². The van der Waals surface area contributed by atoms with Crippen molar-refractivity contribution in [1.29, 1.82) is 0 Å². The Morgan fingerprint density at radius 3 is 2.88 bits per heavy atom. The molecule has 0 fully saturated rings. The van der Waals surface area contributed by atoms with Gasteiger partial charge in [0.05, 0.1) is 20.9 Å². The van der Waals surface area contributed by atoms with Crippen LogP contribution in [0.2, 0.25) is 5.02 Å². The number of rotatable bonds is 2. The molecule has 0 atom stereocenters. The summed E-state index contributed by atoms with van der Waals surface area (Å²) in [5, 5.41) is 3.78. The first-order valence-electron chi connectivity index (χ1n) is 5.01. The van der Waals surface area contributed by atoms with Crippen LogP contribution in [-0.4, -0.2) is 4.98 Å². The maximum Gasteiger partial charge on any atom is 0.153 e. The Balaban J connectivity index is 2.35. The number of anilines is 3. The number of aryl methyl sites for hydroxylation is 1. The predicted molar refractivity (Wildman–Crippen MR) is 75.8 cm³/mol. The van der Waals surface area contributed by atoms with Gasteiger partial charge in [0.2, 0.25) is 0 Å². The van der Waals surface area contributed by atoms with Gasteiger partial charge in [0, 0.05) is 6.20 Å². The maximum atomic E-state index is 6.01. The third-order valence-electron chi connectivity index (χ3n) is 2.26. The van der Waals surface area contributed by atoms with Crippen molar-refractivity contribution in [3.8, 4) is 0 Å². The molecule has 1 heterocycles. The summed E-state index contributed by atoms with van der Waals surface area (Å²) in [7, 11) is 0. The van der Waals surface area contributed by atoms with Crippen LogP contribution in [-0.2, 0) is 0 Å². The van der Waals surface area contributed by atoms with Crippen molar-refractivity contribution in [3.63, 3.8) is 0 Å². The van der Waals surface area contributed by atoms with Gasteiger partial charge in [-0.3, -0.25) is 0 Å².